The molecule has 1 aliphatic heterocycles. The summed E-state index contributed by atoms with van der Waals surface area (Å²) in [4.78, 5) is 4.72. The highest BCUT2D eigenvalue weighted by molar-refractivity contribution is 7.26. The van der Waals surface area contributed by atoms with E-state index in [1.54, 1.807) is 0 Å². The first kappa shape index (κ1) is 32.3. The molecule has 0 radical (unpaired) electrons. The molecule has 0 bridgehead atoms. The number of ether oxygens (including phenoxy) is 1. The Bertz CT molecular complexity index is 3350. The third-order valence-electron chi connectivity index (χ3n) is 11.2. The van der Waals surface area contributed by atoms with Gasteiger partial charge < -0.3 is 14.5 Å². The molecule has 57 heavy (non-hydrogen) atoms. The molecule has 9 aromatic carbocycles. The molecule has 12 rings (SSSR count). The molecule has 0 spiro atoms. The van der Waals surface area contributed by atoms with E-state index in [-0.39, 0.29) is 0 Å². The van der Waals surface area contributed by atoms with Gasteiger partial charge in [0.2, 0.25) is 0 Å². The minimum atomic E-state index is 0.845. The molecule has 1 aliphatic rings. The van der Waals surface area contributed by atoms with E-state index in [4.69, 9.17) is 4.74 Å². The summed E-state index contributed by atoms with van der Waals surface area (Å²) < 4.78 is 12.1. The van der Waals surface area contributed by atoms with Crippen molar-refractivity contribution in [1.82, 2.24) is 0 Å². The Labute approximate surface area is 337 Å². The first-order valence-electron chi connectivity index (χ1n) is 19.2. The van der Waals surface area contributed by atoms with Gasteiger partial charge in [0, 0.05) is 91.2 Å². The maximum atomic E-state index is 6.93. The van der Waals surface area contributed by atoms with Crippen molar-refractivity contribution in [2.45, 2.75) is 0 Å². The van der Waals surface area contributed by atoms with Gasteiger partial charge in [-0.25, -0.2) is 0 Å². The zero-order valence-corrected chi connectivity index (χ0v) is 32.2. The third kappa shape index (κ3) is 5.17. The SMILES string of the molecule is c1ccc(N(c2ccc3c(c2)Oc2cccc4c(N(c5ccccc5)c5ccc6sc7ccccc7c6c5)ccc-3c24)c2ccc3sc4ccccc4c3c2)cc1. The first-order valence-corrected chi connectivity index (χ1v) is 20.8. The van der Waals surface area contributed by atoms with Gasteiger partial charge in [-0.05, 0) is 103 Å². The van der Waals surface area contributed by atoms with Gasteiger partial charge in [-0.3, -0.25) is 0 Å². The fourth-order valence-electron chi connectivity index (χ4n) is 8.67. The number of benzene rings is 9. The smallest absolute Gasteiger partial charge is 0.137 e. The Hall–Kier alpha value is -6.92. The van der Waals surface area contributed by atoms with Gasteiger partial charge in [-0.1, -0.05) is 91.0 Å². The molecule has 0 aliphatic carbocycles. The van der Waals surface area contributed by atoms with E-state index in [0.29, 0.717) is 0 Å². The lowest BCUT2D eigenvalue weighted by Crippen LogP contribution is -2.11. The average Bonchev–Trinajstić information content (AvgIpc) is 3.83. The lowest BCUT2D eigenvalue weighted by atomic mass is 9.93. The van der Waals surface area contributed by atoms with Crippen molar-refractivity contribution < 1.29 is 4.74 Å². The number of rotatable bonds is 6. The van der Waals surface area contributed by atoms with Gasteiger partial charge in [-0.15, -0.1) is 22.7 Å². The third-order valence-corrected chi connectivity index (χ3v) is 13.5. The average molecular weight is 765 g/mol. The Morgan fingerprint density at radius 3 is 1.49 bits per heavy atom. The quantitative estimate of drug-likeness (QED) is 0.168. The number of fused-ring (bicyclic) bond motifs is 8. The van der Waals surface area contributed by atoms with Crippen LogP contribution < -0.4 is 14.5 Å². The molecular formula is C52H32N2OS2. The van der Waals surface area contributed by atoms with Gasteiger partial charge in [0.15, 0.2) is 0 Å². The van der Waals surface area contributed by atoms with Gasteiger partial charge >= 0.3 is 0 Å². The molecule has 0 saturated carbocycles. The van der Waals surface area contributed by atoms with E-state index in [9.17, 15) is 0 Å². The van der Waals surface area contributed by atoms with Crippen molar-refractivity contribution in [1.29, 1.82) is 0 Å². The second-order valence-electron chi connectivity index (χ2n) is 14.5. The minimum absolute atomic E-state index is 0.845. The molecule has 3 heterocycles. The van der Waals surface area contributed by atoms with Crippen LogP contribution in [0.4, 0.5) is 34.1 Å². The number of hydrogen-bond acceptors (Lipinski definition) is 5. The van der Waals surface area contributed by atoms with E-state index < -0.39 is 0 Å². The van der Waals surface area contributed by atoms with Crippen LogP contribution >= 0.6 is 22.7 Å². The highest BCUT2D eigenvalue weighted by Gasteiger charge is 2.26. The van der Waals surface area contributed by atoms with Crippen LogP contribution in [0.3, 0.4) is 0 Å². The van der Waals surface area contributed by atoms with Crippen molar-refractivity contribution in [2.75, 3.05) is 9.80 Å². The zero-order valence-electron chi connectivity index (χ0n) is 30.6. The standard InChI is InChI=1S/C52H32N2OS2/c1-3-12-33(13-4-1)53(35-23-28-50-43(30-35)39-16-7-9-20-48(39)56-50)37-22-25-38-41-26-27-45(42-18-11-19-46(52(41)42)55-47(38)32-37)54(34-14-5-2-6-15-34)36-24-29-51-44(31-36)40-17-8-10-21-49(40)57-51/h1-32H. The Kier molecular flexibility index (Phi) is 7.27. The lowest BCUT2D eigenvalue weighted by molar-refractivity contribution is 0.487. The summed E-state index contributed by atoms with van der Waals surface area (Å²) in [5.41, 5.74) is 8.82. The largest absolute Gasteiger partial charge is 0.456 e. The summed E-state index contributed by atoms with van der Waals surface area (Å²) in [5, 5.41) is 7.39. The second kappa shape index (κ2) is 12.8. The van der Waals surface area contributed by atoms with Crippen LogP contribution in [0.5, 0.6) is 11.5 Å². The highest BCUT2D eigenvalue weighted by Crippen LogP contribution is 2.52. The molecule has 5 heteroatoms. The van der Waals surface area contributed by atoms with Crippen LogP contribution in [0.1, 0.15) is 0 Å². The summed E-state index contributed by atoms with van der Waals surface area (Å²) in [6, 6.07) is 70.1. The molecule has 0 atom stereocenters. The number of nitrogens with zero attached hydrogens (tertiary/aromatic N) is 2. The molecule has 3 nitrogen and oxygen atoms in total. The van der Waals surface area contributed by atoms with Crippen molar-refractivity contribution in [3.8, 4) is 22.6 Å². The second-order valence-corrected chi connectivity index (χ2v) is 16.7. The molecule has 0 fully saturated rings. The molecule has 0 unspecified atom stereocenters. The van der Waals surface area contributed by atoms with Crippen LogP contribution in [0.2, 0.25) is 0 Å². The molecule has 0 N–H and O–H groups in total. The maximum Gasteiger partial charge on any atom is 0.137 e. The van der Waals surface area contributed by atoms with Gasteiger partial charge in [-0.2, -0.15) is 0 Å². The van der Waals surface area contributed by atoms with E-state index in [1.165, 1.54) is 45.9 Å². The van der Waals surface area contributed by atoms with E-state index in [1.807, 2.05) is 22.7 Å². The molecule has 0 amide bonds. The van der Waals surface area contributed by atoms with E-state index >= 15 is 0 Å². The Balaban J connectivity index is 1.00. The zero-order chi connectivity index (χ0) is 37.5. The van der Waals surface area contributed by atoms with Gasteiger partial charge in [0.05, 0.1) is 5.69 Å². The predicted molar refractivity (Wildman–Crippen MR) is 245 cm³/mol. The summed E-state index contributed by atoms with van der Waals surface area (Å²) in [5.74, 6) is 1.71. The number of para-hydroxylation sites is 2. The monoisotopic (exact) mass is 764 g/mol. The molecule has 268 valence electrons. The first-order chi connectivity index (χ1) is 28.2. The topological polar surface area (TPSA) is 15.7 Å². The summed E-state index contributed by atoms with van der Waals surface area (Å²) >= 11 is 3.69. The summed E-state index contributed by atoms with van der Waals surface area (Å²) in [7, 11) is 0. The fourth-order valence-corrected chi connectivity index (χ4v) is 10.8. The van der Waals surface area contributed by atoms with Crippen molar-refractivity contribution in [3.05, 3.63) is 194 Å². The number of anilines is 6. The lowest BCUT2D eigenvalue weighted by Gasteiger charge is -2.30. The molecule has 11 aromatic rings. The Morgan fingerprint density at radius 2 is 0.825 bits per heavy atom. The number of hydrogen-bond donors (Lipinski definition) is 0. The van der Waals surface area contributed by atoms with Crippen LogP contribution in [-0.4, -0.2) is 0 Å². The van der Waals surface area contributed by atoms with Crippen LogP contribution in [0.15, 0.2) is 194 Å². The van der Waals surface area contributed by atoms with Gasteiger partial charge in [0.1, 0.15) is 11.5 Å². The number of thiophene rings is 2. The van der Waals surface area contributed by atoms with E-state index in [2.05, 4.69) is 204 Å². The van der Waals surface area contributed by atoms with Crippen LogP contribution in [0.25, 0.3) is 62.2 Å². The van der Waals surface area contributed by atoms with Crippen molar-refractivity contribution in [3.63, 3.8) is 0 Å². The summed E-state index contributed by atoms with van der Waals surface area (Å²) in [6.07, 6.45) is 0. The Morgan fingerprint density at radius 1 is 0.316 bits per heavy atom. The molecule has 2 aromatic heterocycles. The normalized spacial score (nSPS) is 12.0. The molecule has 0 saturated heterocycles. The summed E-state index contributed by atoms with van der Waals surface area (Å²) in [6.45, 7) is 0. The fraction of sp³-hybridized carbons (Fsp3) is 0. The van der Waals surface area contributed by atoms with Crippen molar-refractivity contribution >= 4 is 108 Å². The predicted octanol–water partition coefficient (Wildman–Crippen LogP) is 16.3. The van der Waals surface area contributed by atoms with Gasteiger partial charge in [0.25, 0.3) is 0 Å². The van der Waals surface area contributed by atoms with Crippen LogP contribution in [-0.2, 0) is 0 Å². The highest BCUT2D eigenvalue weighted by atomic mass is 32.1. The maximum absolute atomic E-state index is 6.93. The van der Waals surface area contributed by atoms with E-state index in [0.717, 1.165) is 62.0 Å². The van der Waals surface area contributed by atoms with Crippen molar-refractivity contribution in [2.24, 2.45) is 0 Å². The van der Waals surface area contributed by atoms with Crippen LogP contribution in [0, 0.1) is 0 Å². The minimum Gasteiger partial charge on any atom is -0.456 e. The molecular weight excluding hydrogens is 733 g/mol.